The van der Waals surface area contributed by atoms with Crippen LogP contribution in [0.2, 0.25) is 0 Å². The maximum Gasteiger partial charge on any atom is 0.225 e. The van der Waals surface area contributed by atoms with Crippen molar-refractivity contribution in [1.29, 1.82) is 0 Å². The highest BCUT2D eigenvalue weighted by Gasteiger charge is 2.32. The molecule has 0 fully saturated rings. The normalized spacial score (nSPS) is 13.6. The van der Waals surface area contributed by atoms with Crippen LogP contribution in [-0.2, 0) is 14.4 Å². The summed E-state index contributed by atoms with van der Waals surface area (Å²) in [6.07, 6.45) is 6.28. The molecule has 0 aromatic carbocycles. The van der Waals surface area contributed by atoms with Crippen LogP contribution in [0.15, 0.2) is 0 Å². The van der Waals surface area contributed by atoms with Crippen LogP contribution in [0, 0.1) is 32.5 Å². The molecule has 0 unspecified atom stereocenters. The fraction of sp³-hybridized carbons (Fsp3) is 0.914. The molecule has 0 bridgehead atoms. The third-order valence-electron chi connectivity index (χ3n) is 8.29. The number of carbonyl (C=O) groups is 3. The molecule has 0 spiro atoms. The zero-order chi connectivity index (χ0) is 32.5. The number of carbonyl (C=O) groups excluding carboxylic acids is 3. The molecule has 0 heterocycles. The van der Waals surface area contributed by atoms with E-state index in [1.165, 1.54) is 0 Å². The highest BCUT2D eigenvalue weighted by molar-refractivity contribution is 5.84. The molecule has 0 aromatic heterocycles. The van der Waals surface area contributed by atoms with Gasteiger partial charge in [0.05, 0.1) is 0 Å². The van der Waals surface area contributed by atoms with Crippen LogP contribution < -0.4 is 10.6 Å². The first-order valence-corrected chi connectivity index (χ1v) is 16.0. The molecule has 2 N–H and O–H groups in total. The molecule has 0 aliphatic heterocycles. The number of nitrogens with zero attached hydrogens (tertiary/aromatic N) is 1. The number of rotatable bonds is 17. The molecule has 0 radical (unpaired) electrons. The molecule has 0 saturated heterocycles. The van der Waals surface area contributed by atoms with E-state index in [4.69, 9.17) is 0 Å². The molecule has 0 atom stereocenters. The Balaban J connectivity index is 5.30. The highest BCUT2D eigenvalue weighted by atomic mass is 16.2. The van der Waals surface area contributed by atoms with E-state index in [0.29, 0.717) is 19.6 Å². The van der Waals surface area contributed by atoms with Gasteiger partial charge < -0.3 is 15.5 Å². The van der Waals surface area contributed by atoms with Gasteiger partial charge in [0.2, 0.25) is 17.7 Å². The summed E-state index contributed by atoms with van der Waals surface area (Å²) >= 11 is 0. The van der Waals surface area contributed by atoms with Gasteiger partial charge in [0.1, 0.15) is 0 Å². The van der Waals surface area contributed by atoms with Crippen molar-refractivity contribution in [3.63, 3.8) is 0 Å². The minimum Gasteiger partial charge on any atom is -0.359 e. The van der Waals surface area contributed by atoms with Gasteiger partial charge in [-0.1, -0.05) is 96.9 Å². The first-order chi connectivity index (χ1) is 18.2. The van der Waals surface area contributed by atoms with E-state index in [2.05, 4.69) is 93.7 Å². The lowest BCUT2D eigenvalue weighted by Crippen LogP contribution is -2.44. The average Bonchev–Trinajstić information content (AvgIpc) is 2.80. The zero-order valence-corrected chi connectivity index (χ0v) is 30.0. The van der Waals surface area contributed by atoms with Crippen LogP contribution in [0.1, 0.15) is 148 Å². The minimum atomic E-state index is -0.451. The van der Waals surface area contributed by atoms with Crippen molar-refractivity contribution in [2.24, 2.45) is 32.5 Å². The van der Waals surface area contributed by atoms with Crippen LogP contribution in [-0.4, -0.2) is 49.3 Å². The maximum absolute atomic E-state index is 13.6. The van der Waals surface area contributed by atoms with Crippen molar-refractivity contribution in [3.05, 3.63) is 0 Å². The van der Waals surface area contributed by atoms with Gasteiger partial charge in [0.15, 0.2) is 0 Å². The molecule has 6 heteroatoms. The molecular weight excluding hydrogens is 510 g/mol. The summed E-state index contributed by atoms with van der Waals surface area (Å²) in [7, 11) is 1.66. The summed E-state index contributed by atoms with van der Waals surface area (Å²) in [6, 6.07) is 0. The van der Waals surface area contributed by atoms with Gasteiger partial charge in [0, 0.05) is 44.9 Å². The fourth-order valence-corrected chi connectivity index (χ4v) is 4.85. The van der Waals surface area contributed by atoms with Crippen molar-refractivity contribution in [2.45, 2.75) is 148 Å². The predicted molar refractivity (Wildman–Crippen MR) is 175 cm³/mol. The van der Waals surface area contributed by atoms with Gasteiger partial charge in [0.25, 0.3) is 0 Å². The van der Waals surface area contributed by atoms with Crippen LogP contribution in [0.25, 0.3) is 0 Å². The van der Waals surface area contributed by atoms with E-state index in [0.717, 1.165) is 38.5 Å². The third-order valence-corrected chi connectivity index (χ3v) is 8.29. The van der Waals surface area contributed by atoms with E-state index in [1.807, 2.05) is 18.7 Å². The average molecular weight is 580 g/mol. The molecule has 41 heavy (non-hydrogen) atoms. The van der Waals surface area contributed by atoms with E-state index < -0.39 is 5.41 Å². The van der Waals surface area contributed by atoms with Crippen LogP contribution in [0.3, 0.4) is 0 Å². The molecular formula is C35H69N3O3. The molecule has 0 aromatic rings. The van der Waals surface area contributed by atoms with Crippen molar-refractivity contribution in [1.82, 2.24) is 15.5 Å². The smallest absolute Gasteiger partial charge is 0.225 e. The Kier molecular flexibility index (Phi) is 14.6. The minimum absolute atomic E-state index is 0.00220. The maximum atomic E-state index is 13.6. The van der Waals surface area contributed by atoms with Crippen LogP contribution >= 0.6 is 0 Å². The topological polar surface area (TPSA) is 78.5 Å². The van der Waals surface area contributed by atoms with Crippen molar-refractivity contribution >= 4 is 17.7 Å². The number of amides is 3. The Morgan fingerprint density at radius 3 is 1.37 bits per heavy atom. The van der Waals surface area contributed by atoms with Gasteiger partial charge in [-0.25, -0.2) is 0 Å². The zero-order valence-electron chi connectivity index (χ0n) is 30.0. The lowest BCUT2D eigenvalue weighted by molar-refractivity contribution is -0.136. The van der Waals surface area contributed by atoms with E-state index in [9.17, 15) is 14.4 Å². The predicted octanol–water partition coefficient (Wildman–Crippen LogP) is 8.00. The SMILES string of the molecule is CNC(=O)C(C)(C)CCC(C)(C)CNC(=O)CCC(=O)N(CC(C)(C)CCC(C)(C)C)CC(C)(C)CCC(C)(C)C. The summed E-state index contributed by atoms with van der Waals surface area (Å²) in [5.74, 6) is 0.0129. The Morgan fingerprint density at radius 2 is 0.976 bits per heavy atom. The molecule has 3 amide bonds. The van der Waals surface area contributed by atoms with Gasteiger partial charge in [-0.15, -0.1) is 0 Å². The van der Waals surface area contributed by atoms with E-state index in [1.54, 1.807) is 7.05 Å². The van der Waals surface area contributed by atoms with E-state index >= 15 is 0 Å². The summed E-state index contributed by atoms with van der Waals surface area (Å²) in [6.45, 7) is 32.7. The third kappa shape index (κ3) is 18.5. The second-order valence-corrected chi connectivity index (χ2v) is 18.1. The lowest BCUT2D eigenvalue weighted by atomic mass is 9.78. The van der Waals surface area contributed by atoms with Crippen molar-refractivity contribution < 1.29 is 14.4 Å². The second-order valence-electron chi connectivity index (χ2n) is 18.1. The van der Waals surface area contributed by atoms with Crippen molar-refractivity contribution in [2.75, 3.05) is 26.7 Å². The molecule has 0 rings (SSSR count). The Hall–Kier alpha value is -1.59. The summed E-state index contributed by atoms with van der Waals surface area (Å²) < 4.78 is 0. The Bertz CT molecular complexity index is 810. The molecule has 0 aliphatic carbocycles. The van der Waals surface area contributed by atoms with Crippen molar-refractivity contribution in [3.8, 4) is 0 Å². The van der Waals surface area contributed by atoms with Crippen LogP contribution in [0.5, 0.6) is 0 Å². The number of hydrogen-bond donors (Lipinski definition) is 2. The highest BCUT2D eigenvalue weighted by Crippen LogP contribution is 2.35. The fourth-order valence-electron chi connectivity index (χ4n) is 4.85. The number of nitrogens with one attached hydrogen (secondary N) is 2. The van der Waals surface area contributed by atoms with Gasteiger partial charge in [-0.3, -0.25) is 14.4 Å². The molecule has 242 valence electrons. The molecule has 6 nitrogen and oxygen atoms in total. The van der Waals surface area contributed by atoms with Gasteiger partial charge in [-0.2, -0.15) is 0 Å². The summed E-state index contributed by atoms with van der Waals surface area (Å²) in [5.41, 5.74) is -0.0990. The largest absolute Gasteiger partial charge is 0.359 e. The van der Waals surface area contributed by atoms with Crippen LogP contribution in [0.4, 0.5) is 0 Å². The first kappa shape index (κ1) is 39.4. The lowest BCUT2D eigenvalue weighted by Gasteiger charge is -2.39. The van der Waals surface area contributed by atoms with E-state index in [-0.39, 0.29) is 57.6 Å². The standard InChI is InChI=1S/C35H69N3O3/c1-30(2,3)18-20-33(9,10)25-38(26-34(11,12)21-19-31(4,5)6)28(40)17-16-27(39)37-24-32(7,8)22-23-35(13,14)29(41)36-15/h16-26H2,1-15H3,(H,36,41)(H,37,39). The Labute approximate surface area is 254 Å². The summed E-state index contributed by atoms with van der Waals surface area (Å²) in [5, 5.41) is 5.80. The monoisotopic (exact) mass is 580 g/mol. The first-order valence-electron chi connectivity index (χ1n) is 16.0. The van der Waals surface area contributed by atoms with Gasteiger partial charge in [-0.05, 0) is 65.6 Å². The summed E-state index contributed by atoms with van der Waals surface area (Å²) in [4.78, 5) is 40.6. The second kappa shape index (κ2) is 15.2. The molecule has 0 saturated carbocycles. The quantitative estimate of drug-likeness (QED) is 0.183. The Morgan fingerprint density at radius 1 is 0.561 bits per heavy atom. The number of hydrogen-bond acceptors (Lipinski definition) is 3. The molecule has 0 aliphatic rings. The van der Waals surface area contributed by atoms with Gasteiger partial charge >= 0.3 is 0 Å².